The Labute approximate surface area is 132 Å². The van der Waals surface area contributed by atoms with Gasteiger partial charge in [0.1, 0.15) is 0 Å². The minimum absolute atomic E-state index is 0.0254. The number of benzene rings is 1. The predicted molar refractivity (Wildman–Crippen MR) is 78.7 cm³/mol. The summed E-state index contributed by atoms with van der Waals surface area (Å²) in [6.45, 7) is 4.28. The quantitative estimate of drug-likeness (QED) is 0.621. The van der Waals surface area contributed by atoms with Crippen LogP contribution in [0.1, 0.15) is 25.8 Å². The van der Waals surface area contributed by atoms with Gasteiger partial charge in [-0.15, -0.1) is 0 Å². The first-order valence-electron chi connectivity index (χ1n) is 7.06. The van der Waals surface area contributed by atoms with Crippen LogP contribution in [0.2, 0.25) is 0 Å². The highest BCUT2D eigenvalue weighted by atomic mass is 19.4. The van der Waals surface area contributed by atoms with Crippen molar-refractivity contribution in [2.24, 2.45) is 0 Å². The lowest BCUT2D eigenvalue weighted by Gasteiger charge is -2.35. The van der Waals surface area contributed by atoms with Gasteiger partial charge in [0.05, 0.1) is 6.61 Å². The lowest BCUT2D eigenvalue weighted by Crippen LogP contribution is -2.69. The van der Waals surface area contributed by atoms with Crippen LogP contribution in [-0.2, 0) is 14.3 Å². The van der Waals surface area contributed by atoms with Crippen LogP contribution >= 0.6 is 0 Å². The fourth-order valence-electron chi connectivity index (χ4n) is 1.78. The van der Waals surface area contributed by atoms with E-state index in [1.165, 1.54) is 26.0 Å². The molecule has 1 rings (SSSR count). The highest BCUT2D eigenvalue weighted by Gasteiger charge is 2.63. The predicted octanol–water partition coefficient (Wildman–Crippen LogP) is 2.75. The maximum Gasteiger partial charge on any atom is 0.441 e. The minimum atomic E-state index is -5.10. The molecule has 0 unspecified atom stereocenters. The zero-order chi connectivity index (χ0) is 17.7. The number of amides is 1. The maximum absolute atomic E-state index is 13.6. The number of rotatable bonds is 6. The Morgan fingerprint density at radius 3 is 2.13 bits per heavy atom. The highest BCUT2D eigenvalue weighted by Crippen LogP contribution is 2.33. The van der Waals surface area contributed by atoms with Crippen LogP contribution in [-0.4, -0.2) is 30.3 Å². The Morgan fingerprint density at radius 1 is 1.13 bits per heavy atom. The van der Waals surface area contributed by atoms with Gasteiger partial charge in [-0.25, -0.2) is 4.79 Å². The Kier molecular flexibility index (Phi) is 6.00. The molecule has 0 saturated heterocycles. The second kappa shape index (κ2) is 7.34. The van der Waals surface area contributed by atoms with Gasteiger partial charge in [0.2, 0.25) is 5.91 Å². The number of ether oxygens (including phenoxy) is 1. The van der Waals surface area contributed by atoms with Crippen molar-refractivity contribution in [1.29, 1.82) is 0 Å². The van der Waals surface area contributed by atoms with Crippen LogP contribution in [0.4, 0.5) is 18.9 Å². The van der Waals surface area contributed by atoms with Crippen LogP contribution in [0.25, 0.3) is 0 Å². The number of hydrogen-bond acceptors (Lipinski definition) is 4. The average molecular weight is 332 g/mol. The molecule has 8 heteroatoms. The lowest BCUT2D eigenvalue weighted by atomic mass is 10.1. The van der Waals surface area contributed by atoms with Crippen molar-refractivity contribution in [2.45, 2.75) is 39.0 Å². The summed E-state index contributed by atoms with van der Waals surface area (Å²) in [6, 6.07) is 5.92. The van der Waals surface area contributed by atoms with Gasteiger partial charge in [-0.3, -0.25) is 4.79 Å². The largest absolute Gasteiger partial charge is 0.463 e. The number of nitrogens with one attached hydrogen (secondary N) is 2. The van der Waals surface area contributed by atoms with Crippen molar-refractivity contribution in [1.82, 2.24) is 5.32 Å². The summed E-state index contributed by atoms with van der Waals surface area (Å²) in [6.07, 6.45) is -5.32. The van der Waals surface area contributed by atoms with E-state index in [9.17, 15) is 22.8 Å². The normalized spacial score (nSPS) is 13.8. The number of aryl methyl sites for hydroxylation is 1. The third-order valence-corrected chi connectivity index (χ3v) is 3.04. The van der Waals surface area contributed by atoms with Crippen LogP contribution in [0.3, 0.4) is 0 Å². The molecule has 0 aliphatic rings. The molecule has 5 nitrogen and oxygen atoms in total. The fourth-order valence-corrected chi connectivity index (χ4v) is 1.78. The molecular weight excluding hydrogens is 313 g/mol. The van der Waals surface area contributed by atoms with Crippen molar-refractivity contribution >= 4 is 17.6 Å². The summed E-state index contributed by atoms with van der Waals surface area (Å²) in [7, 11) is 0. The molecular formula is C15H19F3N2O3. The van der Waals surface area contributed by atoms with Crippen molar-refractivity contribution in [3.05, 3.63) is 29.8 Å². The summed E-state index contributed by atoms with van der Waals surface area (Å²) >= 11 is 0. The molecule has 0 aliphatic heterocycles. The monoisotopic (exact) mass is 332 g/mol. The number of carbonyl (C=O) groups excluding carboxylic acids is 2. The maximum atomic E-state index is 13.6. The first-order valence-corrected chi connectivity index (χ1v) is 7.06. The van der Waals surface area contributed by atoms with E-state index in [0.29, 0.717) is 0 Å². The van der Waals surface area contributed by atoms with E-state index in [4.69, 9.17) is 0 Å². The number of alkyl halides is 3. The second-order valence-corrected chi connectivity index (χ2v) is 4.86. The van der Waals surface area contributed by atoms with Crippen LogP contribution in [0.5, 0.6) is 0 Å². The number of carbonyl (C=O) groups is 2. The van der Waals surface area contributed by atoms with E-state index in [1.807, 2.05) is 0 Å². The third kappa shape index (κ3) is 4.37. The van der Waals surface area contributed by atoms with Gasteiger partial charge < -0.3 is 15.4 Å². The van der Waals surface area contributed by atoms with E-state index in [0.717, 1.165) is 5.56 Å². The van der Waals surface area contributed by atoms with E-state index < -0.39 is 23.7 Å². The van der Waals surface area contributed by atoms with Gasteiger partial charge in [0, 0.05) is 12.1 Å². The fraction of sp³-hybridized carbons (Fsp3) is 0.467. The molecule has 0 spiro atoms. The van der Waals surface area contributed by atoms with Gasteiger partial charge in [-0.1, -0.05) is 24.6 Å². The Bertz CT molecular complexity index is 558. The van der Waals surface area contributed by atoms with Gasteiger partial charge >= 0.3 is 17.8 Å². The first kappa shape index (κ1) is 18.8. The summed E-state index contributed by atoms with van der Waals surface area (Å²) in [4.78, 5) is 23.6. The Balaban J connectivity index is 3.32. The number of halogens is 3. The molecule has 0 heterocycles. The molecule has 1 amide bonds. The summed E-state index contributed by atoms with van der Waals surface area (Å²) < 4.78 is 45.4. The topological polar surface area (TPSA) is 67.4 Å². The number of hydrogen-bond donors (Lipinski definition) is 2. The molecule has 0 aromatic heterocycles. The van der Waals surface area contributed by atoms with Crippen LogP contribution in [0.15, 0.2) is 24.3 Å². The molecule has 1 aromatic rings. The number of esters is 1. The second-order valence-electron chi connectivity index (χ2n) is 4.86. The SMILES string of the molecule is CCOC(=O)[C@](NC(=O)CC)(Nc1ccc(C)cc1)C(F)(F)F. The van der Waals surface area contributed by atoms with Gasteiger partial charge in [-0.2, -0.15) is 13.2 Å². The van der Waals surface area contributed by atoms with E-state index in [2.05, 4.69) is 10.1 Å². The number of anilines is 1. The third-order valence-electron chi connectivity index (χ3n) is 3.04. The van der Waals surface area contributed by atoms with E-state index >= 15 is 0 Å². The minimum Gasteiger partial charge on any atom is -0.463 e. The molecule has 1 atom stereocenters. The smallest absolute Gasteiger partial charge is 0.441 e. The zero-order valence-electron chi connectivity index (χ0n) is 13.1. The molecule has 128 valence electrons. The molecule has 2 N–H and O–H groups in total. The summed E-state index contributed by atoms with van der Waals surface area (Å²) in [5.74, 6) is -2.55. The Morgan fingerprint density at radius 2 is 1.70 bits per heavy atom. The molecule has 0 fully saturated rings. The molecule has 0 radical (unpaired) electrons. The van der Waals surface area contributed by atoms with Crippen molar-refractivity contribution < 1.29 is 27.5 Å². The van der Waals surface area contributed by atoms with Crippen LogP contribution < -0.4 is 10.6 Å². The first-order chi connectivity index (χ1) is 10.7. The Hall–Kier alpha value is -2.25. The summed E-state index contributed by atoms with van der Waals surface area (Å²) in [5, 5.41) is 3.80. The molecule has 23 heavy (non-hydrogen) atoms. The van der Waals surface area contributed by atoms with E-state index in [1.54, 1.807) is 24.4 Å². The van der Waals surface area contributed by atoms with Gasteiger partial charge in [-0.05, 0) is 26.0 Å². The average Bonchev–Trinajstić information content (AvgIpc) is 2.47. The van der Waals surface area contributed by atoms with Crippen LogP contribution in [0, 0.1) is 6.92 Å². The van der Waals surface area contributed by atoms with Crippen molar-refractivity contribution in [2.75, 3.05) is 11.9 Å². The molecule has 0 aliphatic carbocycles. The molecule has 0 saturated carbocycles. The van der Waals surface area contributed by atoms with Gasteiger partial charge in [0.25, 0.3) is 0 Å². The van der Waals surface area contributed by atoms with Crippen molar-refractivity contribution in [3.63, 3.8) is 0 Å². The van der Waals surface area contributed by atoms with E-state index in [-0.39, 0.29) is 18.7 Å². The zero-order valence-corrected chi connectivity index (χ0v) is 13.1. The van der Waals surface area contributed by atoms with Crippen molar-refractivity contribution in [3.8, 4) is 0 Å². The molecule has 0 bridgehead atoms. The lowest BCUT2D eigenvalue weighted by molar-refractivity contribution is -0.207. The van der Waals surface area contributed by atoms with Gasteiger partial charge in [0.15, 0.2) is 0 Å². The summed E-state index contributed by atoms with van der Waals surface area (Å²) in [5.41, 5.74) is -2.48. The highest BCUT2D eigenvalue weighted by molar-refractivity contribution is 5.91. The standard InChI is InChI=1S/C15H19F3N2O3/c1-4-12(21)20-14(15(16,17)18,13(22)23-5-2)19-11-8-6-10(3)7-9-11/h6-9,19H,4-5H2,1-3H3,(H,20,21)/t14-/m1/s1. The molecule has 1 aromatic carbocycles.